The second kappa shape index (κ2) is 5.56. The lowest BCUT2D eigenvalue weighted by Crippen LogP contribution is -2.12. The summed E-state index contributed by atoms with van der Waals surface area (Å²) in [4.78, 5) is 12.0. The van der Waals surface area contributed by atoms with Gasteiger partial charge in [-0.25, -0.2) is 0 Å². The smallest absolute Gasteiger partial charge is 0.277 e. The Labute approximate surface area is 111 Å². The summed E-state index contributed by atoms with van der Waals surface area (Å²) >= 11 is 0. The van der Waals surface area contributed by atoms with Crippen LogP contribution in [0.25, 0.3) is 0 Å². The van der Waals surface area contributed by atoms with Crippen LogP contribution < -0.4 is 10.1 Å². The zero-order valence-electron chi connectivity index (χ0n) is 11.1. The summed E-state index contributed by atoms with van der Waals surface area (Å²) in [6, 6.07) is 8.84. The van der Waals surface area contributed by atoms with Crippen LogP contribution in [0.15, 0.2) is 34.9 Å². The largest absolute Gasteiger partial charge is 0.495 e. The van der Waals surface area contributed by atoms with Gasteiger partial charge in [0.1, 0.15) is 11.5 Å². The number of carbonyl (C=O) groups is 1. The predicted molar refractivity (Wildman–Crippen MR) is 71.5 cm³/mol. The van der Waals surface area contributed by atoms with Crippen molar-refractivity contribution in [2.45, 2.75) is 19.8 Å². The molecule has 0 radical (unpaired) electrons. The van der Waals surface area contributed by atoms with Crippen molar-refractivity contribution in [3.05, 3.63) is 41.8 Å². The summed E-state index contributed by atoms with van der Waals surface area (Å²) in [5, 5.41) is 6.50. The summed E-state index contributed by atoms with van der Waals surface area (Å²) in [5.41, 5.74) is 0.860. The van der Waals surface area contributed by atoms with E-state index in [-0.39, 0.29) is 17.5 Å². The Kier molecular flexibility index (Phi) is 3.85. The minimum Gasteiger partial charge on any atom is -0.495 e. The zero-order chi connectivity index (χ0) is 13.8. The maximum Gasteiger partial charge on any atom is 0.277 e. The molecule has 5 nitrogen and oxygen atoms in total. The molecule has 0 fully saturated rings. The number of nitrogens with zero attached hydrogens (tertiary/aromatic N) is 1. The zero-order valence-corrected chi connectivity index (χ0v) is 11.1. The highest BCUT2D eigenvalue weighted by molar-refractivity contribution is 6.03. The summed E-state index contributed by atoms with van der Waals surface area (Å²) in [6.07, 6.45) is 0. The molecular weight excluding hydrogens is 244 g/mol. The molecule has 19 heavy (non-hydrogen) atoms. The number of amides is 1. The Morgan fingerprint density at radius 2 is 2.11 bits per heavy atom. The van der Waals surface area contributed by atoms with Gasteiger partial charge in [-0.3, -0.25) is 4.79 Å². The number of rotatable bonds is 4. The third kappa shape index (κ3) is 2.93. The predicted octanol–water partition coefficient (Wildman–Crippen LogP) is 3.06. The third-order valence-electron chi connectivity index (χ3n) is 2.69. The molecule has 1 N–H and O–H groups in total. The van der Waals surface area contributed by atoms with Gasteiger partial charge in [-0.2, -0.15) is 0 Å². The number of hydrogen-bond donors (Lipinski definition) is 1. The molecule has 0 unspecified atom stereocenters. The number of ether oxygens (including phenoxy) is 1. The van der Waals surface area contributed by atoms with E-state index in [9.17, 15) is 4.79 Å². The van der Waals surface area contributed by atoms with Gasteiger partial charge in [0.2, 0.25) is 0 Å². The molecule has 0 aliphatic rings. The van der Waals surface area contributed by atoms with Crippen LogP contribution in [0.2, 0.25) is 0 Å². The van der Waals surface area contributed by atoms with Crippen molar-refractivity contribution >= 4 is 11.6 Å². The van der Waals surface area contributed by atoms with Crippen molar-refractivity contribution in [3.63, 3.8) is 0 Å². The Morgan fingerprint density at radius 1 is 1.37 bits per heavy atom. The quantitative estimate of drug-likeness (QED) is 0.917. The van der Waals surface area contributed by atoms with E-state index in [1.54, 1.807) is 25.3 Å². The van der Waals surface area contributed by atoms with Crippen molar-refractivity contribution in [2.24, 2.45) is 0 Å². The molecule has 2 aromatic rings. The van der Waals surface area contributed by atoms with E-state index in [2.05, 4.69) is 10.5 Å². The van der Waals surface area contributed by atoms with Crippen LogP contribution in [-0.4, -0.2) is 18.2 Å². The molecule has 0 aliphatic carbocycles. The Hall–Kier alpha value is -2.30. The number of aromatic nitrogens is 1. The normalized spacial score (nSPS) is 10.5. The van der Waals surface area contributed by atoms with Gasteiger partial charge in [0.25, 0.3) is 5.91 Å². The number of benzene rings is 1. The van der Waals surface area contributed by atoms with Crippen molar-refractivity contribution in [1.29, 1.82) is 0 Å². The lowest BCUT2D eigenvalue weighted by atomic mass is 10.1. The summed E-state index contributed by atoms with van der Waals surface area (Å²) in [5.74, 6) is 1.16. The number of nitrogens with one attached hydrogen (secondary N) is 1. The highest BCUT2D eigenvalue weighted by Gasteiger charge is 2.15. The first-order valence-electron chi connectivity index (χ1n) is 6.02. The minimum absolute atomic E-state index is 0.195. The summed E-state index contributed by atoms with van der Waals surface area (Å²) in [6.45, 7) is 3.95. The second-order valence-corrected chi connectivity index (χ2v) is 4.42. The monoisotopic (exact) mass is 260 g/mol. The molecule has 0 saturated carbocycles. The number of anilines is 1. The third-order valence-corrected chi connectivity index (χ3v) is 2.69. The Bertz CT molecular complexity index is 576. The van der Waals surface area contributed by atoms with Crippen molar-refractivity contribution in [2.75, 3.05) is 12.4 Å². The maximum atomic E-state index is 12.0. The average molecular weight is 260 g/mol. The summed E-state index contributed by atoms with van der Waals surface area (Å²) in [7, 11) is 1.55. The van der Waals surface area contributed by atoms with Crippen molar-refractivity contribution < 1.29 is 14.1 Å². The van der Waals surface area contributed by atoms with E-state index in [4.69, 9.17) is 9.26 Å². The molecule has 0 aliphatic heterocycles. The van der Waals surface area contributed by atoms with Gasteiger partial charge < -0.3 is 14.6 Å². The van der Waals surface area contributed by atoms with E-state index in [1.807, 2.05) is 26.0 Å². The van der Waals surface area contributed by atoms with Gasteiger partial charge in [-0.05, 0) is 12.1 Å². The van der Waals surface area contributed by atoms with Crippen LogP contribution in [0.3, 0.4) is 0 Å². The Balaban J connectivity index is 2.16. The lowest BCUT2D eigenvalue weighted by molar-refractivity contribution is 0.101. The van der Waals surface area contributed by atoms with E-state index >= 15 is 0 Å². The first-order chi connectivity index (χ1) is 9.11. The van der Waals surface area contributed by atoms with Crippen molar-refractivity contribution in [1.82, 2.24) is 5.16 Å². The van der Waals surface area contributed by atoms with Crippen LogP contribution in [0.5, 0.6) is 5.75 Å². The van der Waals surface area contributed by atoms with E-state index in [0.717, 1.165) is 0 Å². The van der Waals surface area contributed by atoms with Gasteiger partial charge in [-0.1, -0.05) is 31.1 Å². The topological polar surface area (TPSA) is 64.4 Å². The second-order valence-electron chi connectivity index (χ2n) is 4.42. The Morgan fingerprint density at radius 3 is 2.74 bits per heavy atom. The van der Waals surface area contributed by atoms with Gasteiger partial charge in [0.15, 0.2) is 5.69 Å². The van der Waals surface area contributed by atoms with Gasteiger partial charge in [0.05, 0.1) is 12.8 Å². The molecule has 0 spiro atoms. The number of hydrogen-bond acceptors (Lipinski definition) is 4. The molecule has 0 atom stereocenters. The standard InChI is InChI=1S/C14H16N2O3/c1-9(2)13-8-11(16-19-13)14(17)15-10-6-4-5-7-12(10)18-3/h4-9H,1-3H3,(H,15,17). The van der Waals surface area contributed by atoms with Crippen LogP contribution in [0, 0.1) is 0 Å². The number of carbonyl (C=O) groups excluding carboxylic acids is 1. The van der Waals surface area contributed by atoms with Crippen LogP contribution in [-0.2, 0) is 0 Å². The average Bonchev–Trinajstić information content (AvgIpc) is 2.89. The number of para-hydroxylation sites is 2. The van der Waals surface area contributed by atoms with Gasteiger partial charge >= 0.3 is 0 Å². The van der Waals surface area contributed by atoms with Crippen molar-refractivity contribution in [3.8, 4) is 5.75 Å². The molecule has 2 rings (SSSR count). The molecule has 5 heteroatoms. The van der Waals surface area contributed by atoms with Gasteiger partial charge in [-0.15, -0.1) is 0 Å². The fourth-order valence-electron chi connectivity index (χ4n) is 1.60. The van der Waals surface area contributed by atoms with Crippen LogP contribution in [0.4, 0.5) is 5.69 Å². The lowest BCUT2D eigenvalue weighted by Gasteiger charge is -2.08. The molecule has 1 heterocycles. The van der Waals surface area contributed by atoms with Crippen LogP contribution in [0.1, 0.15) is 36.0 Å². The van der Waals surface area contributed by atoms with E-state index in [0.29, 0.717) is 17.2 Å². The molecule has 1 aromatic carbocycles. The SMILES string of the molecule is COc1ccccc1NC(=O)c1cc(C(C)C)on1. The van der Waals surface area contributed by atoms with E-state index < -0.39 is 0 Å². The molecule has 1 amide bonds. The highest BCUT2D eigenvalue weighted by atomic mass is 16.5. The van der Waals surface area contributed by atoms with Crippen LogP contribution >= 0.6 is 0 Å². The van der Waals surface area contributed by atoms with E-state index in [1.165, 1.54) is 0 Å². The fourth-order valence-corrected chi connectivity index (χ4v) is 1.60. The van der Waals surface area contributed by atoms with Gasteiger partial charge in [0, 0.05) is 12.0 Å². The fraction of sp³-hybridized carbons (Fsp3) is 0.286. The first-order valence-corrected chi connectivity index (χ1v) is 6.02. The summed E-state index contributed by atoms with van der Waals surface area (Å²) < 4.78 is 10.3. The molecular formula is C14H16N2O3. The molecule has 100 valence electrons. The number of methoxy groups -OCH3 is 1. The molecule has 0 bridgehead atoms. The maximum absolute atomic E-state index is 12.0. The molecule has 1 aromatic heterocycles. The molecule has 0 saturated heterocycles. The highest BCUT2D eigenvalue weighted by Crippen LogP contribution is 2.24. The minimum atomic E-state index is -0.319. The first kappa shape index (κ1) is 13.1.